The van der Waals surface area contributed by atoms with E-state index in [1.54, 1.807) is 13.3 Å². The molecule has 0 saturated heterocycles. The maximum absolute atomic E-state index is 6.03. The van der Waals surface area contributed by atoms with E-state index >= 15 is 0 Å². The van der Waals surface area contributed by atoms with Crippen LogP contribution in [0.2, 0.25) is 0 Å². The number of nitrogen functional groups attached to an aromatic ring is 1. The Morgan fingerprint density at radius 2 is 2.25 bits per heavy atom. The molecule has 0 unspecified atom stereocenters. The van der Waals surface area contributed by atoms with E-state index in [1.165, 1.54) is 6.42 Å². The lowest BCUT2D eigenvalue weighted by atomic mass is 9.80. The smallest absolute Gasteiger partial charge is 0.0954 e. The molecule has 1 aliphatic carbocycles. The van der Waals surface area contributed by atoms with Gasteiger partial charge in [-0.15, -0.1) is 0 Å². The number of rotatable bonds is 4. The number of ether oxygens (including phenoxy) is 1. The molecule has 1 aliphatic rings. The Kier molecular flexibility index (Phi) is 3.56. The summed E-state index contributed by atoms with van der Waals surface area (Å²) in [5.74, 6) is 0. The van der Waals surface area contributed by atoms with Crippen LogP contribution >= 0.6 is 15.9 Å². The van der Waals surface area contributed by atoms with Gasteiger partial charge < -0.3 is 15.8 Å². The van der Waals surface area contributed by atoms with Crippen LogP contribution in [0.3, 0.4) is 0 Å². The molecule has 0 atom stereocenters. The first kappa shape index (κ1) is 13.6. The third kappa shape index (κ3) is 2.36. The van der Waals surface area contributed by atoms with Crippen molar-refractivity contribution in [2.75, 3.05) is 24.7 Å². The van der Waals surface area contributed by atoms with E-state index in [2.05, 4.69) is 26.2 Å². The molecule has 0 aliphatic heterocycles. The first-order valence-corrected chi connectivity index (χ1v) is 7.56. The Morgan fingerprint density at radius 1 is 1.45 bits per heavy atom. The average Bonchev–Trinajstić information content (AvgIpc) is 2.40. The van der Waals surface area contributed by atoms with Gasteiger partial charge in [-0.1, -0.05) is 0 Å². The summed E-state index contributed by atoms with van der Waals surface area (Å²) in [6.45, 7) is 0.806. The molecule has 0 spiro atoms. The average molecular weight is 336 g/mol. The fourth-order valence-corrected chi connectivity index (χ4v) is 2.97. The van der Waals surface area contributed by atoms with Gasteiger partial charge in [0.25, 0.3) is 0 Å². The lowest BCUT2D eigenvalue weighted by Gasteiger charge is -2.40. The van der Waals surface area contributed by atoms with Gasteiger partial charge in [-0.3, -0.25) is 4.98 Å². The van der Waals surface area contributed by atoms with Crippen LogP contribution < -0.4 is 11.1 Å². The highest BCUT2D eigenvalue weighted by atomic mass is 79.9. The monoisotopic (exact) mass is 335 g/mol. The van der Waals surface area contributed by atoms with Crippen molar-refractivity contribution in [1.29, 1.82) is 0 Å². The van der Waals surface area contributed by atoms with Crippen molar-refractivity contribution >= 4 is 38.2 Å². The number of nitrogens with one attached hydrogen (secondary N) is 1. The summed E-state index contributed by atoms with van der Waals surface area (Å²) < 4.78 is 6.57. The third-order valence-corrected chi connectivity index (χ3v) is 4.58. The van der Waals surface area contributed by atoms with Crippen LogP contribution in [-0.2, 0) is 4.74 Å². The highest BCUT2D eigenvalue weighted by molar-refractivity contribution is 9.10. The van der Waals surface area contributed by atoms with E-state index < -0.39 is 0 Å². The summed E-state index contributed by atoms with van der Waals surface area (Å²) in [6.07, 6.45) is 5.26. The Labute approximate surface area is 126 Å². The molecule has 4 nitrogen and oxygen atoms in total. The maximum atomic E-state index is 6.03. The Balaban J connectivity index is 1.90. The second kappa shape index (κ2) is 5.22. The molecule has 3 rings (SSSR count). The van der Waals surface area contributed by atoms with Gasteiger partial charge in [-0.25, -0.2) is 0 Å². The van der Waals surface area contributed by atoms with Crippen LogP contribution in [0.25, 0.3) is 10.9 Å². The van der Waals surface area contributed by atoms with Gasteiger partial charge in [-0.05, 0) is 53.4 Å². The van der Waals surface area contributed by atoms with E-state index in [9.17, 15) is 0 Å². The zero-order chi connectivity index (χ0) is 14.2. The summed E-state index contributed by atoms with van der Waals surface area (Å²) in [5, 5.41) is 4.43. The van der Waals surface area contributed by atoms with Crippen LogP contribution in [-0.4, -0.2) is 24.2 Å². The lowest BCUT2D eigenvalue weighted by molar-refractivity contribution is -0.0601. The van der Waals surface area contributed by atoms with E-state index in [4.69, 9.17) is 10.5 Å². The number of nitrogens with two attached hydrogens (primary N) is 1. The minimum absolute atomic E-state index is 0.0108. The topological polar surface area (TPSA) is 60.2 Å². The summed E-state index contributed by atoms with van der Waals surface area (Å²) in [5.41, 5.74) is 8.66. The molecular weight excluding hydrogens is 318 g/mol. The van der Waals surface area contributed by atoms with Crippen molar-refractivity contribution < 1.29 is 4.74 Å². The SMILES string of the molecule is COC1(CNc2ccc(N)c3cc(Br)cnc23)CCC1. The summed E-state index contributed by atoms with van der Waals surface area (Å²) in [4.78, 5) is 4.48. The van der Waals surface area contributed by atoms with Crippen molar-refractivity contribution in [1.82, 2.24) is 4.98 Å². The van der Waals surface area contributed by atoms with Crippen molar-refractivity contribution in [2.24, 2.45) is 0 Å². The molecule has 1 heterocycles. The largest absolute Gasteiger partial charge is 0.398 e. The van der Waals surface area contributed by atoms with Crippen LogP contribution in [0.1, 0.15) is 19.3 Å². The van der Waals surface area contributed by atoms with Crippen molar-refractivity contribution in [3.8, 4) is 0 Å². The van der Waals surface area contributed by atoms with Gasteiger partial charge in [0.05, 0.1) is 16.8 Å². The second-order valence-corrected chi connectivity index (χ2v) is 6.26. The molecule has 0 amide bonds. The van der Waals surface area contributed by atoms with Crippen LogP contribution in [0.15, 0.2) is 28.9 Å². The molecule has 2 aromatic rings. The van der Waals surface area contributed by atoms with Crippen LogP contribution in [0.4, 0.5) is 11.4 Å². The normalized spacial score (nSPS) is 16.9. The zero-order valence-electron chi connectivity index (χ0n) is 11.4. The number of pyridine rings is 1. The number of hydrogen-bond donors (Lipinski definition) is 2. The van der Waals surface area contributed by atoms with E-state index in [1.807, 2.05) is 18.2 Å². The van der Waals surface area contributed by atoms with Crippen molar-refractivity contribution in [2.45, 2.75) is 24.9 Å². The minimum Gasteiger partial charge on any atom is -0.398 e. The predicted molar refractivity (Wildman–Crippen MR) is 85.9 cm³/mol. The summed E-state index contributed by atoms with van der Waals surface area (Å²) >= 11 is 3.43. The molecule has 0 bridgehead atoms. The first-order valence-electron chi connectivity index (χ1n) is 6.76. The number of benzene rings is 1. The number of aromatic nitrogens is 1. The molecule has 1 fully saturated rings. The van der Waals surface area contributed by atoms with Crippen LogP contribution in [0.5, 0.6) is 0 Å². The number of methoxy groups -OCH3 is 1. The van der Waals surface area contributed by atoms with Crippen molar-refractivity contribution in [3.63, 3.8) is 0 Å². The molecule has 1 aromatic carbocycles. The molecule has 106 valence electrons. The van der Waals surface area contributed by atoms with Gasteiger partial charge in [0, 0.05) is 35.4 Å². The number of hydrogen-bond acceptors (Lipinski definition) is 4. The fourth-order valence-electron chi connectivity index (χ4n) is 2.64. The van der Waals surface area contributed by atoms with Gasteiger partial charge in [-0.2, -0.15) is 0 Å². The van der Waals surface area contributed by atoms with E-state index in [0.29, 0.717) is 0 Å². The van der Waals surface area contributed by atoms with Gasteiger partial charge >= 0.3 is 0 Å². The number of halogens is 1. The second-order valence-electron chi connectivity index (χ2n) is 5.35. The zero-order valence-corrected chi connectivity index (χ0v) is 13.0. The highest BCUT2D eigenvalue weighted by Gasteiger charge is 2.36. The Morgan fingerprint density at radius 3 is 2.90 bits per heavy atom. The Hall–Kier alpha value is -1.33. The lowest BCUT2D eigenvalue weighted by Crippen LogP contribution is -2.45. The van der Waals surface area contributed by atoms with Crippen LogP contribution in [0, 0.1) is 0 Å². The summed E-state index contributed by atoms with van der Waals surface area (Å²) in [6, 6.07) is 5.90. The maximum Gasteiger partial charge on any atom is 0.0954 e. The number of nitrogens with zero attached hydrogens (tertiary/aromatic N) is 1. The van der Waals surface area contributed by atoms with Gasteiger partial charge in [0.1, 0.15) is 0 Å². The van der Waals surface area contributed by atoms with Crippen molar-refractivity contribution in [3.05, 3.63) is 28.9 Å². The van der Waals surface area contributed by atoms with E-state index in [0.717, 1.165) is 46.1 Å². The fraction of sp³-hybridized carbons (Fsp3) is 0.400. The third-order valence-electron chi connectivity index (χ3n) is 4.15. The molecule has 3 N–H and O–H groups in total. The number of anilines is 2. The first-order chi connectivity index (χ1) is 9.63. The van der Waals surface area contributed by atoms with Gasteiger partial charge in [0.2, 0.25) is 0 Å². The van der Waals surface area contributed by atoms with E-state index in [-0.39, 0.29) is 5.60 Å². The number of fused-ring (bicyclic) bond motifs is 1. The molecule has 0 radical (unpaired) electrons. The molecule has 5 heteroatoms. The Bertz CT molecular complexity index is 635. The highest BCUT2D eigenvalue weighted by Crippen LogP contribution is 2.36. The standard InChI is InChI=1S/C15H18BrN3O/c1-20-15(5-2-6-15)9-19-13-4-3-12(17)11-7-10(16)8-18-14(11)13/h3-4,7-8,19H,2,5-6,9,17H2,1H3. The molecule has 1 aromatic heterocycles. The van der Waals surface area contributed by atoms with Gasteiger partial charge in [0.15, 0.2) is 0 Å². The quantitative estimate of drug-likeness (QED) is 0.838. The molecule has 20 heavy (non-hydrogen) atoms. The summed E-state index contributed by atoms with van der Waals surface area (Å²) in [7, 11) is 1.79. The molecule has 1 saturated carbocycles. The predicted octanol–water partition coefficient (Wildman–Crippen LogP) is 3.56. The molecular formula is C15H18BrN3O. The minimum atomic E-state index is -0.0108.